The van der Waals surface area contributed by atoms with Gasteiger partial charge < -0.3 is 24.4 Å². The summed E-state index contributed by atoms with van der Waals surface area (Å²) in [6.07, 6.45) is 2.94. The van der Waals surface area contributed by atoms with E-state index in [9.17, 15) is 18.0 Å². The van der Waals surface area contributed by atoms with Crippen LogP contribution in [0.15, 0.2) is 42.9 Å². The average molecular weight is 544 g/mol. The Morgan fingerprint density at radius 2 is 1.87 bits per heavy atom. The molecule has 1 N–H and O–H groups in total. The number of nitrogens with one attached hydrogen (secondary N) is 1. The second-order valence-electron chi connectivity index (χ2n) is 7.58. The first-order valence-electron chi connectivity index (χ1n) is 9.49. The summed E-state index contributed by atoms with van der Waals surface area (Å²) in [6, 6.07) is 6.33. The van der Waals surface area contributed by atoms with Crippen LogP contribution in [-0.4, -0.2) is 41.9 Å². The minimum absolute atomic E-state index is 0.0604. The predicted octanol–water partition coefficient (Wildman–Crippen LogP) is 4.28. The van der Waals surface area contributed by atoms with Crippen molar-refractivity contribution in [3.63, 3.8) is 0 Å². The van der Waals surface area contributed by atoms with Crippen molar-refractivity contribution in [2.75, 3.05) is 18.4 Å². The second-order valence-corrected chi connectivity index (χ2v) is 8.82. The van der Waals surface area contributed by atoms with Crippen molar-refractivity contribution in [3.8, 4) is 0 Å². The minimum atomic E-state index is -1.25. The van der Waals surface area contributed by atoms with Crippen molar-refractivity contribution >= 4 is 39.9 Å². The highest BCUT2D eigenvalue weighted by atomic mass is 127. The van der Waals surface area contributed by atoms with E-state index in [0.29, 0.717) is 23.1 Å². The van der Waals surface area contributed by atoms with Crippen LogP contribution in [0.5, 0.6) is 0 Å². The zero-order valence-corrected chi connectivity index (χ0v) is 18.1. The number of carbonyl (C=O) groups is 1. The number of benzene rings is 2. The van der Waals surface area contributed by atoms with E-state index >= 15 is 0 Å². The number of nitrogens with zero attached hydrogens (tertiary/aromatic N) is 1. The molecule has 1 spiro atoms. The normalized spacial score (nSPS) is 20.9. The molecule has 0 saturated carbocycles. The first-order chi connectivity index (χ1) is 14.9. The van der Waals surface area contributed by atoms with Gasteiger partial charge in [0, 0.05) is 3.57 Å². The predicted molar refractivity (Wildman–Crippen MR) is 112 cm³/mol. The van der Waals surface area contributed by atoms with Gasteiger partial charge >= 0.3 is 0 Å². The molecule has 0 aliphatic carbocycles. The lowest BCUT2D eigenvalue weighted by Crippen LogP contribution is -2.57. The smallest absolute Gasteiger partial charge is 0.256 e. The Morgan fingerprint density at radius 3 is 2.58 bits per heavy atom. The SMILES string of the molecule is O=C(c1ccc(F)c(F)c1Nc1ccc(I)cc1F)N1CC2(C1)OC2CC1OC=CO1. The molecule has 2 saturated heterocycles. The molecule has 3 aliphatic heterocycles. The summed E-state index contributed by atoms with van der Waals surface area (Å²) in [4.78, 5) is 14.5. The third kappa shape index (κ3) is 3.71. The summed E-state index contributed by atoms with van der Waals surface area (Å²) in [5.41, 5.74) is -1.01. The fourth-order valence-electron chi connectivity index (χ4n) is 3.84. The topological polar surface area (TPSA) is 63.3 Å². The van der Waals surface area contributed by atoms with E-state index in [1.54, 1.807) is 6.07 Å². The maximum atomic E-state index is 14.6. The van der Waals surface area contributed by atoms with Gasteiger partial charge in [-0.3, -0.25) is 4.79 Å². The van der Waals surface area contributed by atoms with Crippen LogP contribution in [0.4, 0.5) is 24.5 Å². The summed E-state index contributed by atoms with van der Waals surface area (Å²) >= 11 is 1.94. The molecule has 0 bridgehead atoms. The number of halogens is 4. The Morgan fingerprint density at radius 1 is 1.13 bits per heavy atom. The van der Waals surface area contributed by atoms with Gasteiger partial charge in [0.1, 0.15) is 23.9 Å². The Labute approximate surface area is 189 Å². The number of epoxide rings is 1. The van der Waals surface area contributed by atoms with E-state index in [0.717, 1.165) is 6.07 Å². The van der Waals surface area contributed by atoms with Gasteiger partial charge in [0.15, 0.2) is 11.6 Å². The molecule has 10 heteroatoms. The zero-order valence-electron chi connectivity index (χ0n) is 15.9. The molecule has 5 rings (SSSR count). The molecular weight excluding hydrogens is 528 g/mol. The van der Waals surface area contributed by atoms with Crippen LogP contribution < -0.4 is 5.32 Å². The summed E-state index contributed by atoms with van der Waals surface area (Å²) in [6.45, 7) is 0.625. The lowest BCUT2D eigenvalue weighted by atomic mass is 9.93. The van der Waals surface area contributed by atoms with Gasteiger partial charge in [-0.1, -0.05) is 0 Å². The van der Waals surface area contributed by atoms with Gasteiger partial charge in [-0.25, -0.2) is 13.2 Å². The third-order valence-electron chi connectivity index (χ3n) is 5.55. The standard InChI is InChI=1S/C21H16F3IN2O4/c22-13-3-2-12(19(18(13)24)26-15-4-1-11(25)7-14(15)23)20(28)27-9-21(10-27)16(31-21)8-17-29-5-6-30-17/h1-7,16-17,26H,8-10H2. The average Bonchev–Trinajstić information content (AvgIpc) is 3.17. The van der Waals surface area contributed by atoms with Crippen LogP contribution in [0.2, 0.25) is 0 Å². The second kappa shape index (κ2) is 7.59. The number of carbonyl (C=O) groups excluding carboxylic acids is 1. The molecule has 2 fully saturated rings. The molecule has 0 aromatic heterocycles. The Hall–Kier alpha value is -2.47. The number of likely N-dealkylation sites (tertiary alicyclic amines) is 1. The molecule has 3 heterocycles. The van der Waals surface area contributed by atoms with Crippen LogP contribution in [-0.2, 0) is 14.2 Å². The highest BCUT2D eigenvalue weighted by molar-refractivity contribution is 14.1. The molecule has 2 aromatic rings. The molecule has 31 heavy (non-hydrogen) atoms. The first-order valence-corrected chi connectivity index (χ1v) is 10.6. The number of anilines is 2. The summed E-state index contributed by atoms with van der Waals surface area (Å²) in [5.74, 6) is -3.53. The van der Waals surface area contributed by atoms with Crippen molar-refractivity contribution < 1.29 is 32.2 Å². The fourth-order valence-corrected chi connectivity index (χ4v) is 4.29. The Bertz CT molecular complexity index is 1080. The van der Waals surface area contributed by atoms with Crippen LogP contribution in [0, 0.1) is 21.0 Å². The number of rotatable bonds is 5. The molecule has 162 valence electrons. The first kappa shape index (κ1) is 20.4. The van der Waals surface area contributed by atoms with Gasteiger partial charge in [-0.2, -0.15) is 0 Å². The van der Waals surface area contributed by atoms with Gasteiger partial charge in [-0.15, -0.1) is 0 Å². The van der Waals surface area contributed by atoms with E-state index in [2.05, 4.69) is 5.32 Å². The van der Waals surface area contributed by atoms with Crippen molar-refractivity contribution in [3.05, 3.63) is 69.4 Å². The van der Waals surface area contributed by atoms with Crippen molar-refractivity contribution in [1.29, 1.82) is 0 Å². The minimum Gasteiger partial charge on any atom is -0.459 e. The quantitative estimate of drug-likeness (QED) is 0.450. The fraction of sp³-hybridized carbons (Fsp3) is 0.286. The van der Waals surface area contributed by atoms with E-state index in [-0.39, 0.29) is 17.4 Å². The van der Waals surface area contributed by atoms with Gasteiger partial charge in [0.2, 0.25) is 6.29 Å². The molecule has 1 unspecified atom stereocenters. The molecular formula is C21H16F3IN2O4. The Kier molecular flexibility index (Phi) is 5.00. The van der Waals surface area contributed by atoms with E-state index < -0.39 is 40.9 Å². The van der Waals surface area contributed by atoms with Crippen LogP contribution >= 0.6 is 22.6 Å². The van der Waals surface area contributed by atoms with E-state index in [1.165, 1.54) is 35.6 Å². The maximum Gasteiger partial charge on any atom is 0.256 e. The number of amides is 1. The molecule has 1 amide bonds. The number of ether oxygens (including phenoxy) is 3. The van der Waals surface area contributed by atoms with Gasteiger partial charge in [0.25, 0.3) is 5.91 Å². The Balaban J connectivity index is 1.31. The van der Waals surface area contributed by atoms with Crippen LogP contribution in [0.25, 0.3) is 0 Å². The van der Waals surface area contributed by atoms with Crippen LogP contribution in [0.1, 0.15) is 16.8 Å². The van der Waals surface area contributed by atoms with Gasteiger partial charge in [-0.05, 0) is 52.9 Å². The highest BCUT2D eigenvalue weighted by Gasteiger charge is 2.65. The summed E-state index contributed by atoms with van der Waals surface area (Å²) in [7, 11) is 0. The van der Waals surface area contributed by atoms with E-state index in [4.69, 9.17) is 14.2 Å². The number of hydrogen-bond acceptors (Lipinski definition) is 5. The molecule has 6 nitrogen and oxygen atoms in total. The largest absolute Gasteiger partial charge is 0.459 e. The van der Waals surface area contributed by atoms with Crippen molar-refractivity contribution in [2.24, 2.45) is 0 Å². The van der Waals surface area contributed by atoms with Crippen molar-refractivity contribution in [1.82, 2.24) is 4.90 Å². The molecule has 2 aromatic carbocycles. The van der Waals surface area contributed by atoms with Crippen LogP contribution in [0.3, 0.4) is 0 Å². The lowest BCUT2D eigenvalue weighted by molar-refractivity contribution is -0.0326. The highest BCUT2D eigenvalue weighted by Crippen LogP contribution is 2.48. The molecule has 3 aliphatic rings. The molecule has 0 radical (unpaired) electrons. The summed E-state index contributed by atoms with van der Waals surface area (Å²) < 4.78 is 59.5. The monoisotopic (exact) mass is 544 g/mol. The maximum absolute atomic E-state index is 14.6. The van der Waals surface area contributed by atoms with Gasteiger partial charge in [0.05, 0.1) is 42.6 Å². The van der Waals surface area contributed by atoms with Crippen molar-refractivity contribution in [2.45, 2.75) is 24.4 Å². The van der Waals surface area contributed by atoms with E-state index in [1.807, 2.05) is 22.6 Å². The number of hydrogen-bond donors (Lipinski definition) is 1. The zero-order chi connectivity index (χ0) is 21.8. The molecule has 1 atom stereocenters. The third-order valence-corrected chi connectivity index (χ3v) is 6.22. The lowest BCUT2D eigenvalue weighted by Gasteiger charge is -2.38. The summed E-state index contributed by atoms with van der Waals surface area (Å²) in [5, 5.41) is 2.54.